The van der Waals surface area contributed by atoms with E-state index in [9.17, 15) is 19.2 Å². The molecule has 0 bridgehead atoms. The monoisotopic (exact) mass is 636 g/mol. The number of rotatable bonds is 16. The summed E-state index contributed by atoms with van der Waals surface area (Å²) in [5.74, 6) is -1.80. The van der Waals surface area contributed by atoms with Gasteiger partial charge < -0.3 is 14.2 Å². The van der Waals surface area contributed by atoms with Gasteiger partial charge in [-0.2, -0.15) is 0 Å². The van der Waals surface area contributed by atoms with Crippen molar-refractivity contribution in [3.63, 3.8) is 0 Å². The van der Waals surface area contributed by atoms with E-state index in [0.717, 1.165) is 5.56 Å². The Kier molecular flexibility index (Phi) is 13.7. The minimum atomic E-state index is -0.612. The Hall–Kier alpha value is -4.78. The third-order valence-electron chi connectivity index (χ3n) is 8.10. The fraction of sp³-hybridized carbons (Fsp3) is 0.350. The standard InChI is InChI=1S/C40H44O7/c1-29(2)45-38(42)23-15-4-3-14-22-34-35(27-26-33(41)25-24-30-16-8-5-9-17-30)37(47-40(44)32-20-12-7-13-21-32)28-36(34)46-39(43)31-18-10-6-11-19-31/h3,5-14,16-21,26-27,29,34-37H,4,15,22-25,28H2,1-2H3/b14-3-,27-26+/t34-,35-,36+,37-/m0/s1. The Balaban J connectivity index is 1.52. The number of esters is 3. The number of allylic oxidation sites excluding steroid dienone is 3. The Labute approximate surface area is 277 Å². The van der Waals surface area contributed by atoms with Crippen LogP contribution in [-0.2, 0) is 30.2 Å². The second-order valence-corrected chi connectivity index (χ2v) is 12.0. The third-order valence-corrected chi connectivity index (χ3v) is 8.10. The zero-order valence-electron chi connectivity index (χ0n) is 27.2. The average molecular weight is 637 g/mol. The topological polar surface area (TPSA) is 96.0 Å². The van der Waals surface area contributed by atoms with Crippen molar-refractivity contribution in [1.29, 1.82) is 0 Å². The summed E-state index contributed by atoms with van der Waals surface area (Å²) in [4.78, 5) is 51.3. The van der Waals surface area contributed by atoms with Crippen LogP contribution in [-0.4, -0.2) is 42.0 Å². The van der Waals surface area contributed by atoms with Gasteiger partial charge in [-0.25, -0.2) is 9.59 Å². The van der Waals surface area contributed by atoms with Crippen LogP contribution in [0, 0.1) is 11.8 Å². The van der Waals surface area contributed by atoms with E-state index >= 15 is 0 Å². The van der Waals surface area contributed by atoms with Gasteiger partial charge >= 0.3 is 17.9 Å². The number of benzene rings is 3. The number of ether oxygens (including phenoxy) is 3. The van der Waals surface area contributed by atoms with Crippen molar-refractivity contribution in [2.75, 3.05) is 0 Å². The Morgan fingerprint density at radius 3 is 1.91 bits per heavy atom. The van der Waals surface area contributed by atoms with Crippen LogP contribution >= 0.6 is 0 Å². The molecule has 1 aliphatic rings. The second-order valence-electron chi connectivity index (χ2n) is 12.0. The lowest BCUT2D eigenvalue weighted by atomic mass is 9.89. The van der Waals surface area contributed by atoms with Gasteiger partial charge in [0.05, 0.1) is 17.2 Å². The molecule has 1 aliphatic carbocycles. The van der Waals surface area contributed by atoms with Crippen LogP contribution in [0.4, 0.5) is 0 Å². The predicted octanol–water partition coefficient (Wildman–Crippen LogP) is 7.90. The van der Waals surface area contributed by atoms with E-state index in [1.54, 1.807) is 54.6 Å². The van der Waals surface area contributed by atoms with Crippen molar-refractivity contribution < 1.29 is 33.4 Å². The van der Waals surface area contributed by atoms with Crippen molar-refractivity contribution >= 4 is 23.7 Å². The SMILES string of the molecule is CC(C)OC(=O)CCC/C=C\C[C@H]1[C@H](/C=C/C(=O)CCc2ccccc2)[C@@H](OC(=O)c2ccccc2)C[C@H]1OC(=O)c1ccccc1. The van der Waals surface area contributed by atoms with Gasteiger partial charge in [0.1, 0.15) is 12.2 Å². The first-order valence-corrected chi connectivity index (χ1v) is 16.4. The Morgan fingerprint density at radius 1 is 0.745 bits per heavy atom. The van der Waals surface area contributed by atoms with Crippen molar-refractivity contribution in [3.8, 4) is 0 Å². The molecule has 7 nitrogen and oxygen atoms in total. The summed E-state index contributed by atoms with van der Waals surface area (Å²) in [7, 11) is 0. The van der Waals surface area contributed by atoms with Crippen molar-refractivity contribution in [1.82, 2.24) is 0 Å². The fourth-order valence-corrected chi connectivity index (χ4v) is 5.75. The molecule has 0 heterocycles. The van der Waals surface area contributed by atoms with Crippen LogP contribution in [0.3, 0.4) is 0 Å². The molecule has 1 saturated carbocycles. The van der Waals surface area contributed by atoms with Crippen LogP contribution in [0.15, 0.2) is 115 Å². The molecule has 0 amide bonds. The van der Waals surface area contributed by atoms with Crippen LogP contribution in [0.25, 0.3) is 0 Å². The molecule has 0 aliphatic heterocycles. The number of hydrogen-bond donors (Lipinski definition) is 0. The molecule has 0 spiro atoms. The lowest BCUT2D eigenvalue weighted by Gasteiger charge is -2.23. The van der Waals surface area contributed by atoms with Crippen LogP contribution in [0.5, 0.6) is 0 Å². The smallest absolute Gasteiger partial charge is 0.338 e. The summed E-state index contributed by atoms with van der Waals surface area (Å²) in [6.07, 6.45) is 9.56. The first kappa shape index (κ1) is 35.1. The molecular weight excluding hydrogens is 592 g/mol. The number of aryl methyl sites for hydroxylation is 1. The highest BCUT2D eigenvalue weighted by Crippen LogP contribution is 2.40. The van der Waals surface area contributed by atoms with Gasteiger partial charge in [-0.3, -0.25) is 9.59 Å². The van der Waals surface area contributed by atoms with Gasteiger partial charge in [0, 0.05) is 31.1 Å². The highest BCUT2D eigenvalue weighted by Gasteiger charge is 2.45. The number of carbonyl (C=O) groups excluding carboxylic acids is 4. The number of ketones is 1. The fourth-order valence-electron chi connectivity index (χ4n) is 5.75. The van der Waals surface area contributed by atoms with Crippen molar-refractivity contribution in [3.05, 3.63) is 132 Å². The molecule has 47 heavy (non-hydrogen) atoms. The van der Waals surface area contributed by atoms with E-state index in [1.165, 1.54) is 0 Å². The van der Waals surface area contributed by atoms with Crippen LogP contribution in [0.2, 0.25) is 0 Å². The second kappa shape index (κ2) is 18.4. The summed E-state index contributed by atoms with van der Waals surface area (Å²) < 4.78 is 17.3. The maximum atomic E-state index is 13.2. The van der Waals surface area contributed by atoms with Crippen LogP contribution < -0.4 is 0 Å². The molecule has 7 heteroatoms. The normalized spacial score (nSPS) is 19.2. The molecule has 0 radical (unpaired) electrons. The molecule has 4 atom stereocenters. The summed E-state index contributed by atoms with van der Waals surface area (Å²) in [5, 5.41) is 0. The molecule has 0 aromatic heterocycles. The van der Waals surface area contributed by atoms with E-state index in [1.807, 2.05) is 74.5 Å². The molecule has 246 valence electrons. The lowest BCUT2D eigenvalue weighted by molar-refractivity contribution is -0.147. The molecule has 0 saturated heterocycles. The highest BCUT2D eigenvalue weighted by molar-refractivity contribution is 5.91. The predicted molar refractivity (Wildman–Crippen MR) is 181 cm³/mol. The highest BCUT2D eigenvalue weighted by atomic mass is 16.6. The van der Waals surface area contributed by atoms with E-state index in [2.05, 4.69) is 0 Å². The molecular formula is C40H44O7. The molecule has 1 fully saturated rings. The maximum Gasteiger partial charge on any atom is 0.338 e. The lowest BCUT2D eigenvalue weighted by Crippen LogP contribution is -2.26. The average Bonchev–Trinajstić information content (AvgIpc) is 3.39. The molecule has 0 N–H and O–H groups in total. The van der Waals surface area contributed by atoms with Gasteiger partial charge in [0.25, 0.3) is 0 Å². The van der Waals surface area contributed by atoms with Gasteiger partial charge in [0.2, 0.25) is 0 Å². The molecule has 0 unspecified atom stereocenters. The molecule has 3 aromatic carbocycles. The largest absolute Gasteiger partial charge is 0.463 e. The molecule has 3 aromatic rings. The number of unbranched alkanes of at least 4 members (excludes halogenated alkanes) is 1. The first-order chi connectivity index (χ1) is 22.8. The van der Waals surface area contributed by atoms with Crippen molar-refractivity contribution in [2.24, 2.45) is 11.8 Å². The first-order valence-electron chi connectivity index (χ1n) is 16.4. The van der Waals surface area contributed by atoms with Crippen LogP contribution in [0.1, 0.15) is 78.7 Å². The number of carbonyl (C=O) groups is 4. The van der Waals surface area contributed by atoms with Gasteiger partial charge in [-0.15, -0.1) is 0 Å². The van der Waals surface area contributed by atoms with Gasteiger partial charge in [-0.1, -0.05) is 85.0 Å². The van der Waals surface area contributed by atoms with E-state index in [4.69, 9.17) is 14.2 Å². The quantitative estimate of drug-likeness (QED) is 0.0519. The zero-order chi connectivity index (χ0) is 33.4. The Morgan fingerprint density at radius 2 is 1.32 bits per heavy atom. The van der Waals surface area contributed by atoms with E-state index in [-0.39, 0.29) is 29.7 Å². The minimum Gasteiger partial charge on any atom is -0.463 e. The summed E-state index contributed by atoms with van der Waals surface area (Å²) in [6.45, 7) is 3.65. The van der Waals surface area contributed by atoms with Crippen molar-refractivity contribution in [2.45, 2.75) is 77.1 Å². The number of hydrogen-bond acceptors (Lipinski definition) is 7. The zero-order valence-corrected chi connectivity index (χ0v) is 27.2. The Bertz CT molecular complexity index is 1500. The van der Waals surface area contributed by atoms with Gasteiger partial charge in [-0.05, 0) is 75.4 Å². The summed E-state index contributed by atoms with van der Waals surface area (Å²) >= 11 is 0. The minimum absolute atomic E-state index is 0.0331. The van der Waals surface area contributed by atoms with E-state index < -0.39 is 24.1 Å². The van der Waals surface area contributed by atoms with E-state index in [0.29, 0.717) is 56.1 Å². The molecule has 4 rings (SSSR count). The maximum absolute atomic E-state index is 13.2. The summed E-state index contributed by atoms with van der Waals surface area (Å²) in [5.41, 5.74) is 1.94. The van der Waals surface area contributed by atoms with Gasteiger partial charge in [0.15, 0.2) is 5.78 Å². The third kappa shape index (κ3) is 11.5. The summed E-state index contributed by atoms with van der Waals surface area (Å²) in [6, 6.07) is 27.4.